The van der Waals surface area contributed by atoms with Gasteiger partial charge in [-0.25, -0.2) is 4.79 Å². The molecule has 2 aromatic rings. The van der Waals surface area contributed by atoms with Crippen LogP contribution in [-0.4, -0.2) is 32.8 Å². The van der Waals surface area contributed by atoms with Crippen molar-refractivity contribution in [2.75, 3.05) is 13.7 Å². The average Bonchev–Trinajstić information content (AvgIpc) is 2.82. The third-order valence-electron chi connectivity index (χ3n) is 2.63. The summed E-state index contributed by atoms with van der Waals surface area (Å²) < 4.78 is 34.3. The molecule has 0 N–H and O–H groups in total. The number of ether oxygens (including phenoxy) is 1. The molecule has 6 nitrogen and oxygen atoms in total. The Kier molecular flexibility index (Phi) is 3.59. The smallest absolute Gasteiger partial charge is 0.418 e. The first-order chi connectivity index (χ1) is 9.01. The van der Waals surface area contributed by atoms with Crippen LogP contribution in [0.5, 0.6) is 0 Å². The summed E-state index contributed by atoms with van der Waals surface area (Å²) in [6, 6.07) is 6.32. The van der Waals surface area contributed by atoms with E-state index in [4.69, 9.17) is 4.74 Å². The van der Waals surface area contributed by atoms with Gasteiger partial charge in [-0.1, -0.05) is 12.1 Å². The van der Waals surface area contributed by atoms with Gasteiger partial charge in [0.2, 0.25) is 0 Å². The largest absolute Gasteiger partial charge is 0.449 e. The molecular weight excluding hydrogens is 270 g/mol. The standard InChI is InChI=1S/C12H13NO5S/c1-3-18-12(14)13-8-7-9-5-4-6-10(11(9)13)19(15,16)17-2/h4-8H,3H2,1-2H3. The van der Waals surface area contributed by atoms with Crippen molar-refractivity contribution in [3.8, 4) is 0 Å². The van der Waals surface area contributed by atoms with E-state index in [9.17, 15) is 13.2 Å². The van der Waals surface area contributed by atoms with E-state index in [0.29, 0.717) is 5.39 Å². The van der Waals surface area contributed by atoms with Crippen molar-refractivity contribution in [3.63, 3.8) is 0 Å². The molecule has 0 radical (unpaired) electrons. The normalized spacial score (nSPS) is 11.7. The van der Waals surface area contributed by atoms with Gasteiger partial charge in [-0.05, 0) is 19.1 Å². The fourth-order valence-electron chi connectivity index (χ4n) is 1.80. The van der Waals surface area contributed by atoms with Crippen LogP contribution in [0.1, 0.15) is 6.92 Å². The zero-order valence-corrected chi connectivity index (χ0v) is 11.3. The zero-order chi connectivity index (χ0) is 14.0. The summed E-state index contributed by atoms with van der Waals surface area (Å²) in [5, 5.41) is 0.617. The van der Waals surface area contributed by atoms with Gasteiger partial charge in [0.25, 0.3) is 10.1 Å². The van der Waals surface area contributed by atoms with Crippen molar-refractivity contribution in [2.45, 2.75) is 11.8 Å². The first-order valence-electron chi connectivity index (χ1n) is 5.59. The molecule has 0 bridgehead atoms. The summed E-state index contributed by atoms with van der Waals surface area (Å²) in [5.41, 5.74) is 0.253. The molecule has 0 fully saturated rings. The second kappa shape index (κ2) is 5.02. The second-order valence-corrected chi connectivity index (χ2v) is 5.38. The fraction of sp³-hybridized carbons (Fsp3) is 0.250. The summed E-state index contributed by atoms with van der Waals surface area (Å²) >= 11 is 0. The van der Waals surface area contributed by atoms with E-state index < -0.39 is 16.2 Å². The Morgan fingerprint density at radius 2 is 2.05 bits per heavy atom. The van der Waals surface area contributed by atoms with Gasteiger partial charge in [0, 0.05) is 11.6 Å². The molecule has 0 spiro atoms. The predicted molar refractivity (Wildman–Crippen MR) is 68.6 cm³/mol. The lowest BCUT2D eigenvalue weighted by Crippen LogP contribution is -2.14. The van der Waals surface area contributed by atoms with Crippen LogP contribution in [0.15, 0.2) is 35.4 Å². The van der Waals surface area contributed by atoms with Crippen LogP contribution in [0, 0.1) is 0 Å². The molecule has 1 aromatic heterocycles. The zero-order valence-electron chi connectivity index (χ0n) is 10.5. The fourth-order valence-corrected chi connectivity index (χ4v) is 2.68. The Morgan fingerprint density at radius 3 is 2.68 bits per heavy atom. The molecule has 0 aliphatic rings. The van der Waals surface area contributed by atoms with Crippen molar-refractivity contribution in [1.29, 1.82) is 0 Å². The van der Waals surface area contributed by atoms with E-state index in [2.05, 4.69) is 4.18 Å². The summed E-state index contributed by atoms with van der Waals surface area (Å²) in [7, 11) is -2.82. The molecule has 0 amide bonds. The molecule has 0 saturated carbocycles. The summed E-state index contributed by atoms with van der Waals surface area (Å²) in [4.78, 5) is 11.7. The molecule has 7 heteroatoms. The van der Waals surface area contributed by atoms with Crippen molar-refractivity contribution in [2.24, 2.45) is 0 Å². The Bertz CT molecular complexity index is 717. The van der Waals surface area contributed by atoms with Crippen LogP contribution in [0.4, 0.5) is 4.79 Å². The lowest BCUT2D eigenvalue weighted by atomic mass is 10.2. The van der Waals surface area contributed by atoms with Gasteiger partial charge in [-0.3, -0.25) is 8.75 Å². The van der Waals surface area contributed by atoms with E-state index in [1.54, 1.807) is 25.1 Å². The lowest BCUT2D eigenvalue weighted by molar-refractivity contribution is 0.155. The van der Waals surface area contributed by atoms with Crippen LogP contribution in [0.25, 0.3) is 10.9 Å². The molecule has 0 aliphatic heterocycles. The Morgan fingerprint density at radius 1 is 1.32 bits per heavy atom. The third-order valence-corrected chi connectivity index (χ3v) is 3.93. The van der Waals surface area contributed by atoms with Crippen molar-refractivity contribution >= 4 is 27.1 Å². The molecule has 0 saturated heterocycles. The first kappa shape index (κ1) is 13.6. The van der Waals surface area contributed by atoms with Crippen LogP contribution >= 0.6 is 0 Å². The van der Waals surface area contributed by atoms with Crippen molar-refractivity contribution in [1.82, 2.24) is 4.57 Å². The van der Waals surface area contributed by atoms with Gasteiger partial charge < -0.3 is 4.74 Å². The molecule has 102 valence electrons. The Labute approximate surface area is 110 Å². The van der Waals surface area contributed by atoms with Gasteiger partial charge in [0.05, 0.1) is 19.2 Å². The number of benzene rings is 1. The van der Waals surface area contributed by atoms with Gasteiger partial charge in [0.1, 0.15) is 4.90 Å². The minimum absolute atomic E-state index is 0.0643. The topological polar surface area (TPSA) is 74.6 Å². The monoisotopic (exact) mass is 283 g/mol. The quantitative estimate of drug-likeness (QED) is 0.805. The molecular formula is C12H13NO5S. The highest BCUT2D eigenvalue weighted by atomic mass is 32.2. The molecule has 19 heavy (non-hydrogen) atoms. The third kappa shape index (κ3) is 2.34. The number of para-hydroxylation sites is 1. The van der Waals surface area contributed by atoms with Gasteiger partial charge in [-0.2, -0.15) is 8.42 Å². The maximum atomic E-state index is 11.9. The molecule has 0 atom stereocenters. The van der Waals surface area contributed by atoms with Crippen LogP contribution in [-0.2, 0) is 19.0 Å². The van der Waals surface area contributed by atoms with Gasteiger partial charge >= 0.3 is 6.09 Å². The first-order valence-corrected chi connectivity index (χ1v) is 7.00. The second-order valence-electron chi connectivity index (χ2n) is 3.70. The Balaban J connectivity index is 2.73. The van der Waals surface area contributed by atoms with E-state index >= 15 is 0 Å². The highest BCUT2D eigenvalue weighted by Crippen LogP contribution is 2.25. The summed E-state index contributed by atoms with van der Waals surface area (Å²) in [6.45, 7) is 1.88. The SMILES string of the molecule is CCOC(=O)n1ccc2cccc(S(=O)(=O)OC)c21. The maximum Gasteiger partial charge on any atom is 0.418 e. The van der Waals surface area contributed by atoms with E-state index in [0.717, 1.165) is 11.7 Å². The number of aromatic nitrogens is 1. The minimum atomic E-state index is -3.89. The van der Waals surface area contributed by atoms with Crippen molar-refractivity contribution in [3.05, 3.63) is 30.5 Å². The molecule has 2 rings (SSSR count). The number of hydrogen-bond acceptors (Lipinski definition) is 5. The van der Waals surface area contributed by atoms with Crippen LogP contribution in [0.2, 0.25) is 0 Å². The van der Waals surface area contributed by atoms with Crippen LogP contribution < -0.4 is 0 Å². The summed E-state index contributed by atoms with van der Waals surface area (Å²) in [6.07, 6.45) is 0.841. The molecule has 1 aromatic carbocycles. The van der Waals surface area contributed by atoms with E-state index in [-0.39, 0.29) is 17.0 Å². The lowest BCUT2D eigenvalue weighted by Gasteiger charge is -2.08. The van der Waals surface area contributed by atoms with E-state index in [1.807, 2.05) is 0 Å². The highest BCUT2D eigenvalue weighted by molar-refractivity contribution is 7.87. The van der Waals surface area contributed by atoms with Gasteiger partial charge in [0.15, 0.2) is 0 Å². The Hall–Kier alpha value is -1.86. The number of rotatable bonds is 3. The number of hydrogen-bond donors (Lipinski definition) is 0. The average molecular weight is 283 g/mol. The number of carbonyl (C=O) groups excluding carboxylic acids is 1. The maximum absolute atomic E-state index is 11.9. The highest BCUT2D eigenvalue weighted by Gasteiger charge is 2.21. The molecule has 0 aliphatic carbocycles. The predicted octanol–water partition coefficient (Wildman–Crippen LogP) is 1.98. The minimum Gasteiger partial charge on any atom is -0.449 e. The number of carbonyl (C=O) groups is 1. The van der Waals surface area contributed by atoms with Gasteiger partial charge in [-0.15, -0.1) is 0 Å². The van der Waals surface area contributed by atoms with Crippen LogP contribution in [0.3, 0.4) is 0 Å². The van der Waals surface area contributed by atoms with Crippen molar-refractivity contribution < 1.29 is 22.1 Å². The number of nitrogens with zero attached hydrogens (tertiary/aromatic N) is 1. The van der Waals surface area contributed by atoms with E-state index in [1.165, 1.54) is 12.3 Å². The molecule has 1 heterocycles. The molecule has 0 unspecified atom stereocenters. The summed E-state index contributed by atoms with van der Waals surface area (Å²) in [5.74, 6) is 0. The number of fused-ring (bicyclic) bond motifs is 1.